The van der Waals surface area contributed by atoms with Crippen LogP contribution in [0.1, 0.15) is 34.9 Å². The van der Waals surface area contributed by atoms with Crippen molar-refractivity contribution in [2.24, 2.45) is 5.92 Å². The van der Waals surface area contributed by atoms with Crippen LogP contribution in [-0.2, 0) is 30.7 Å². The number of aromatic nitrogens is 2. The van der Waals surface area contributed by atoms with Gasteiger partial charge in [-0.05, 0) is 36.3 Å². The lowest BCUT2D eigenvalue weighted by Crippen LogP contribution is -3.12. The topological polar surface area (TPSA) is 51.5 Å². The minimum Gasteiger partial charge on any atom is -0.370 e. The van der Waals surface area contributed by atoms with Gasteiger partial charge >= 0.3 is 0 Å². The molecule has 1 aliphatic carbocycles. The van der Waals surface area contributed by atoms with E-state index in [9.17, 15) is 0 Å². The van der Waals surface area contributed by atoms with Crippen molar-refractivity contribution in [1.82, 2.24) is 9.97 Å². The molecule has 0 unspecified atom stereocenters. The zero-order valence-corrected chi connectivity index (χ0v) is 17.9. The first-order valence-electron chi connectivity index (χ1n) is 10.7. The first-order valence-corrected chi connectivity index (χ1v) is 11.6. The molecule has 5 nitrogen and oxygen atoms in total. The predicted molar refractivity (Wildman–Crippen MR) is 118 cm³/mol. The van der Waals surface area contributed by atoms with Gasteiger partial charge in [-0.2, -0.15) is 0 Å². The number of ether oxygens (including phenoxy) is 1. The van der Waals surface area contributed by atoms with Gasteiger partial charge in [-0.1, -0.05) is 31.2 Å². The third kappa shape index (κ3) is 4.02. The van der Waals surface area contributed by atoms with Crippen LogP contribution in [0, 0.1) is 5.92 Å². The number of thiophene rings is 1. The van der Waals surface area contributed by atoms with E-state index in [0.717, 1.165) is 62.4 Å². The third-order valence-corrected chi connectivity index (χ3v) is 7.46. The molecule has 0 bridgehead atoms. The first kappa shape index (κ1) is 19.0. The third-order valence-electron chi connectivity index (χ3n) is 6.30. The number of nitrogens with one attached hydrogen (secondary N) is 2. The van der Waals surface area contributed by atoms with E-state index < -0.39 is 0 Å². The molecule has 152 valence electrons. The Morgan fingerprint density at radius 3 is 2.86 bits per heavy atom. The van der Waals surface area contributed by atoms with E-state index in [0.29, 0.717) is 0 Å². The average molecular weight is 410 g/mol. The lowest BCUT2D eigenvalue weighted by Gasteiger charge is -2.24. The molecule has 0 radical (unpaired) electrons. The van der Waals surface area contributed by atoms with E-state index in [1.54, 1.807) is 11.2 Å². The molecule has 1 aromatic carbocycles. The smallest absolute Gasteiger partial charge is 0.138 e. The Morgan fingerprint density at radius 1 is 1.17 bits per heavy atom. The van der Waals surface area contributed by atoms with Gasteiger partial charge in [-0.3, -0.25) is 0 Å². The molecule has 3 aromatic rings. The molecular formula is C23H29N4OS+. The van der Waals surface area contributed by atoms with Gasteiger partial charge in [-0.15, -0.1) is 11.3 Å². The summed E-state index contributed by atoms with van der Waals surface area (Å²) in [6.45, 7) is 8.14. The summed E-state index contributed by atoms with van der Waals surface area (Å²) in [6.07, 6.45) is 5.30. The fourth-order valence-corrected chi connectivity index (χ4v) is 5.95. The van der Waals surface area contributed by atoms with Crippen molar-refractivity contribution in [3.8, 4) is 0 Å². The van der Waals surface area contributed by atoms with E-state index in [2.05, 4.69) is 46.5 Å². The van der Waals surface area contributed by atoms with Gasteiger partial charge in [0.2, 0.25) is 0 Å². The van der Waals surface area contributed by atoms with Gasteiger partial charge in [0.1, 0.15) is 36.6 Å². The van der Waals surface area contributed by atoms with Gasteiger partial charge in [0.15, 0.2) is 0 Å². The summed E-state index contributed by atoms with van der Waals surface area (Å²) in [5.74, 6) is 1.77. The second kappa shape index (κ2) is 8.38. The summed E-state index contributed by atoms with van der Waals surface area (Å²) in [6, 6.07) is 8.80. The first-order chi connectivity index (χ1) is 14.3. The van der Waals surface area contributed by atoms with Gasteiger partial charge in [0.25, 0.3) is 0 Å². The number of quaternary nitrogens is 1. The Balaban J connectivity index is 1.37. The SMILES string of the molecule is C[C@@H]1CCc2c(sc3ncnc(NCc4ccccc4C[NH+]4CCOCC4)c23)C1. The second-order valence-corrected chi connectivity index (χ2v) is 9.50. The van der Waals surface area contributed by atoms with E-state index in [4.69, 9.17) is 4.74 Å². The van der Waals surface area contributed by atoms with E-state index >= 15 is 0 Å². The van der Waals surface area contributed by atoms with Crippen LogP contribution >= 0.6 is 11.3 Å². The molecule has 1 saturated heterocycles. The van der Waals surface area contributed by atoms with Crippen molar-refractivity contribution >= 4 is 27.4 Å². The van der Waals surface area contributed by atoms with Crippen molar-refractivity contribution in [3.05, 3.63) is 52.2 Å². The summed E-state index contributed by atoms with van der Waals surface area (Å²) < 4.78 is 5.51. The standard InChI is InChI=1S/C23H28N4OS/c1-16-6-7-19-20(12-16)29-23-21(19)22(25-15-26-23)24-13-17-4-2-3-5-18(17)14-27-8-10-28-11-9-27/h2-5,15-16H,6-14H2,1H3,(H,24,25,26)/p+1/t16-/m1/s1. The van der Waals surface area contributed by atoms with Gasteiger partial charge < -0.3 is 15.0 Å². The molecule has 1 aliphatic heterocycles. The van der Waals surface area contributed by atoms with Gasteiger partial charge in [-0.25, -0.2) is 9.97 Å². The molecule has 3 heterocycles. The molecule has 2 aromatic heterocycles. The van der Waals surface area contributed by atoms with Crippen molar-refractivity contribution in [3.63, 3.8) is 0 Å². The van der Waals surface area contributed by atoms with Crippen LogP contribution in [0.5, 0.6) is 0 Å². The van der Waals surface area contributed by atoms with E-state index in [1.807, 2.05) is 11.3 Å². The zero-order chi connectivity index (χ0) is 19.6. The number of fused-ring (bicyclic) bond motifs is 3. The molecule has 6 heteroatoms. The lowest BCUT2D eigenvalue weighted by atomic mass is 9.89. The summed E-state index contributed by atoms with van der Waals surface area (Å²) in [5, 5.41) is 4.91. The summed E-state index contributed by atoms with van der Waals surface area (Å²) in [4.78, 5) is 13.5. The summed E-state index contributed by atoms with van der Waals surface area (Å²) >= 11 is 1.86. The van der Waals surface area contributed by atoms with Crippen LogP contribution in [0.3, 0.4) is 0 Å². The van der Waals surface area contributed by atoms with Gasteiger partial charge in [0, 0.05) is 17.0 Å². The highest BCUT2D eigenvalue weighted by Crippen LogP contribution is 2.39. The average Bonchev–Trinajstić information content (AvgIpc) is 3.12. The molecule has 1 atom stereocenters. The normalized spacial score (nSPS) is 20.0. The molecule has 0 saturated carbocycles. The van der Waals surface area contributed by atoms with Crippen molar-refractivity contribution in [1.29, 1.82) is 0 Å². The minimum absolute atomic E-state index is 0.773. The molecule has 5 rings (SSSR count). The zero-order valence-electron chi connectivity index (χ0n) is 17.0. The van der Waals surface area contributed by atoms with Crippen LogP contribution < -0.4 is 10.2 Å². The van der Waals surface area contributed by atoms with Gasteiger partial charge in [0.05, 0.1) is 18.6 Å². The molecule has 0 spiro atoms. The van der Waals surface area contributed by atoms with Crippen molar-refractivity contribution in [2.45, 2.75) is 39.3 Å². The monoisotopic (exact) mass is 409 g/mol. The quantitative estimate of drug-likeness (QED) is 0.680. The summed E-state index contributed by atoms with van der Waals surface area (Å²) in [5.41, 5.74) is 4.26. The minimum atomic E-state index is 0.773. The molecule has 0 amide bonds. The highest BCUT2D eigenvalue weighted by molar-refractivity contribution is 7.19. The Kier molecular flexibility index (Phi) is 5.48. The van der Waals surface area contributed by atoms with Crippen LogP contribution in [0.15, 0.2) is 30.6 Å². The Morgan fingerprint density at radius 2 is 2.00 bits per heavy atom. The van der Waals surface area contributed by atoms with Crippen LogP contribution in [0.2, 0.25) is 0 Å². The van der Waals surface area contributed by atoms with E-state index in [-0.39, 0.29) is 0 Å². The van der Waals surface area contributed by atoms with Crippen molar-refractivity contribution < 1.29 is 9.64 Å². The number of aryl methyl sites for hydroxylation is 1. The number of hydrogen-bond donors (Lipinski definition) is 2. The molecule has 2 N–H and O–H groups in total. The highest BCUT2D eigenvalue weighted by Gasteiger charge is 2.23. The number of rotatable bonds is 5. The Labute approximate surface area is 176 Å². The fraction of sp³-hybridized carbons (Fsp3) is 0.478. The molecule has 1 fully saturated rings. The lowest BCUT2D eigenvalue weighted by molar-refractivity contribution is -0.921. The fourth-order valence-electron chi connectivity index (χ4n) is 4.60. The van der Waals surface area contributed by atoms with Crippen LogP contribution in [0.25, 0.3) is 10.2 Å². The number of anilines is 1. The van der Waals surface area contributed by atoms with E-state index in [1.165, 1.54) is 39.8 Å². The highest BCUT2D eigenvalue weighted by atomic mass is 32.1. The molecule has 2 aliphatic rings. The predicted octanol–water partition coefficient (Wildman–Crippen LogP) is 2.84. The van der Waals surface area contributed by atoms with Crippen molar-refractivity contribution in [2.75, 3.05) is 31.6 Å². The van der Waals surface area contributed by atoms with Crippen LogP contribution in [0.4, 0.5) is 5.82 Å². The maximum atomic E-state index is 5.51. The number of nitrogens with zero attached hydrogens (tertiary/aromatic N) is 2. The maximum absolute atomic E-state index is 5.51. The molecule has 29 heavy (non-hydrogen) atoms. The summed E-state index contributed by atoms with van der Waals surface area (Å²) in [7, 11) is 0. The molecular weight excluding hydrogens is 380 g/mol. The van der Waals surface area contributed by atoms with Crippen LogP contribution in [-0.4, -0.2) is 36.3 Å². The maximum Gasteiger partial charge on any atom is 0.138 e. The number of morpholine rings is 1. The Bertz CT molecular complexity index is 996. The Hall–Kier alpha value is -2.02. The second-order valence-electron chi connectivity index (χ2n) is 8.42. The number of hydrogen-bond acceptors (Lipinski definition) is 5. The largest absolute Gasteiger partial charge is 0.370 e. The number of benzene rings is 1.